The summed E-state index contributed by atoms with van der Waals surface area (Å²) in [7, 11) is 0. The second-order valence-corrected chi connectivity index (χ2v) is 7.62. The third kappa shape index (κ3) is 7.03. The van der Waals surface area contributed by atoms with Crippen molar-refractivity contribution < 1.29 is 19.1 Å². The maximum Gasteiger partial charge on any atom is 0.359 e. The molecule has 2 aromatic carbocycles. The van der Waals surface area contributed by atoms with Crippen molar-refractivity contribution >= 4 is 11.9 Å². The molecule has 1 aromatic heterocycles. The maximum absolute atomic E-state index is 12.7. The van der Waals surface area contributed by atoms with Gasteiger partial charge in [-0.25, -0.2) is 9.48 Å². The van der Waals surface area contributed by atoms with E-state index in [0.29, 0.717) is 12.3 Å². The SMILES string of the molecule is CC(C)N(Cc1ccccc1)C(=O)COC(=O)c1ccc(=O)n(CCOc2ccccc2)n1. The molecule has 0 saturated heterocycles. The Balaban J connectivity index is 1.57. The Morgan fingerprint density at radius 1 is 0.970 bits per heavy atom. The van der Waals surface area contributed by atoms with Crippen LogP contribution in [-0.2, 0) is 22.6 Å². The van der Waals surface area contributed by atoms with Crippen molar-refractivity contribution in [3.05, 3.63) is 94.4 Å². The molecule has 8 heteroatoms. The van der Waals surface area contributed by atoms with Gasteiger partial charge in [0.2, 0.25) is 0 Å². The molecule has 0 aliphatic heterocycles. The summed E-state index contributed by atoms with van der Waals surface area (Å²) in [6.45, 7) is 4.17. The summed E-state index contributed by atoms with van der Waals surface area (Å²) in [6, 6.07) is 21.2. The summed E-state index contributed by atoms with van der Waals surface area (Å²) >= 11 is 0. The van der Waals surface area contributed by atoms with E-state index in [1.54, 1.807) is 17.0 Å². The van der Waals surface area contributed by atoms with E-state index in [0.717, 1.165) is 10.2 Å². The van der Waals surface area contributed by atoms with Crippen LogP contribution in [0, 0.1) is 0 Å². The second-order valence-electron chi connectivity index (χ2n) is 7.62. The predicted molar refractivity (Wildman–Crippen MR) is 123 cm³/mol. The Morgan fingerprint density at radius 2 is 1.64 bits per heavy atom. The van der Waals surface area contributed by atoms with Crippen LogP contribution in [0.15, 0.2) is 77.6 Å². The number of aromatic nitrogens is 2. The van der Waals surface area contributed by atoms with Crippen molar-refractivity contribution in [2.45, 2.75) is 33.0 Å². The van der Waals surface area contributed by atoms with E-state index < -0.39 is 12.6 Å². The van der Waals surface area contributed by atoms with Gasteiger partial charge in [0.25, 0.3) is 11.5 Å². The monoisotopic (exact) mass is 449 g/mol. The van der Waals surface area contributed by atoms with E-state index in [1.165, 1.54) is 12.1 Å². The Hall–Kier alpha value is -3.94. The quantitative estimate of drug-likeness (QED) is 0.442. The number of hydrogen-bond donors (Lipinski definition) is 0. The zero-order chi connectivity index (χ0) is 23.6. The standard InChI is InChI=1S/C25H27N3O5/c1-19(2)27(17-20-9-5-3-6-10-20)24(30)18-33-25(31)22-13-14-23(29)28(26-22)15-16-32-21-11-7-4-8-12-21/h3-14,19H,15-18H2,1-2H3. The number of ether oxygens (including phenoxy) is 2. The van der Waals surface area contributed by atoms with E-state index in [-0.39, 0.29) is 36.4 Å². The van der Waals surface area contributed by atoms with E-state index in [9.17, 15) is 14.4 Å². The highest BCUT2D eigenvalue weighted by Gasteiger charge is 2.20. The lowest BCUT2D eigenvalue weighted by Crippen LogP contribution is -2.39. The van der Waals surface area contributed by atoms with Gasteiger partial charge in [-0.15, -0.1) is 0 Å². The van der Waals surface area contributed by atoms with Gasteiger partial charge in [0.1, 0.15) is 12.4 Å². The van der Waals surface area contributed by atoms with E-state index in [1.807, 2.05) is 62.4 Å². The second kappa shape index (κ2) is 11.6. The van der Waals surface area contributed by atoms with Gasteiger partial charge in [0.05, 0.1) is 6.54 Å². The third-order valence-electron chi connectivity index (χ3n) is 4.86. The number of amides is 1. The first kappa shape index (κ1) is 23.7. The number of esters is 1. The molecule has 0 atom stereocenters. The molecule has 0 N–H and O–H groups in total. The highest BCUT2D eigenvalue weighted by molar-refractivity contribution is 5.89. The fraction of sp³-hybridized carbons (Fsp3) is 0.280. The van der Waals surface area contributed by atoms with Crippen molar-refractivity contribution in [3.63, 3.8) is 0 Å². The molecule has 0 saturated carbocycles. The molecule has 0 bridgehead atoms. The summed E-state index contributed by atoms with van der Waals surface area (Å²) in [5.74, 6) is -0.416. The van der Waals surface area contributed by atoms with Crippen molar-refractivity contribution in [1.82, 2.24) is 14.7 Å². The summed E-state index contributed by atoms with van der Waals surface area (Å²) in [5, 5.41) is 4.05. The molecule has 1 amide bonds. The Labute approximate surface area is 192 Å². The maximum atomic E-state index is 12.7. The smallest absolute Gasteiger partial charge is 0.359 e. The molecule has 0 spiro atoms. The molecule has 172 valence electrons. The number of benzene rings is 2. The number of nitrogens with zero attached hydrogens (tertiary/aromatic N) is 3. The highest BCUT2D eigenvalue weighted by Crippen LogP contribution is 2.10. The Bertz CT molecular complexity index is 1110. The van der Waals surface area contributed by atoms with E-state index in [2.05, 4.69) is 5.10 Å². The zero-order valence-electron chi connectivity index (χ0n) is 18.7. The van der Waals surface area contributed by atoms with Crippen LogP contribution < -0.4 is 10.3 Å². The minimum Gasteiger partial charge on any atom is -0.492 e. The van der Waals surface area contributed by atoms with Gasteiger partial charge in [-0.2, -0.15) is 5.10 Å². The lowest BCUT2D eigenvalue weighted by molar-refractivity contribution is -0.136. The molecule has 33 heavy (non-hydrogen) atoms. The number of para-hydroxylation sites is 1. The lowest BCUT2D eigenvalue weighted by atomic mass is 10.2. The van der Waals surface area contributed by atoms with Gasteiger partial charge in [0, 0.05) is 18.7 Å². The Kier molecular flexibility index (Phi) is 8.35. The molecular formula is C25H27N3O5. The largest absolute Gasteiger partial charge is 0.492 e. The summed E-state index contributed by atoms with van der Waals surface area (Å²) in [6.07, 6.45) is 0. The van der Waals surface area contributed by atoms with Crippen molar-refractivity contribution in [2.75, 3.05) is 13.2 Å². The van der Waals surface area contributed by atoms with Crippen molar-refractivity contribution in [2.24, 2.45) is 0 Å². The first-order chi connectivity index (χ1) is 15.9. The van der Waals surface area contributed by atoms with Gasteiger partial charge in [-0.05, 0) is 37.6 Å². The van der Waals surface area contributed by atoms with Gasteiger partial charge >= 0.3 is 5.97 Å². The molecule has 1 heterocycles. The van der Waals surface area contributed by atoms with Crippen LogP contribution in [0.1, 0.15) is 29.9 Å². The molecule has 0 fully saturated rings. The van der Waals surface area contributed by atoms with Crippen molar-refractivity contribution in [1.29, 1.82) is 0 Å². The number of carbonyl (C=O) groups is 2. The Morgan fingerprint density at radius 3 is 2.30 bits per heavy atom. The fourth-order valence-electron chi connectivity index (χ4n) is 3.11. The van der Waals surface area contributed by atoms with Crippen molar-refractivity contribution in [3.8, 4) is 5.75 Å². The van der Waals surface area contributed by atoms with Crippen LogP contribution in [0.5, 0.6) is 5.75 Å². The average Bonchev–Trinajstić information content (AvgIpc) is 2.83. The minimum absolute atomic E-state index is 0.0544. The van der Waals surface area contributed by atoms with Crippen LogP contribution in [0.2, 0.25) is 0 Å². The molecule has 0 radical (unpaired) electrons. The molecule has 3 aromatic rings. The van der Waals surface area contributed by atoms with E-state index in [4.69, 9.17) is 9.47 Å². The van der Waals surface area contributed by atoms with E-state index >= 15 is 0 Å². The summed E-state index contributed by atoms with van der Waals surface area (Å²) < 4.78 is 11.9. The molecule has 8 nitrogen and oxygen atoms in total. The zero-order valence-corrected chi connectivity index (χ0v) is 18.7. The first-order valence-corrected chi connectivity index (χ1v) is 10.7. The van der Waals surface area contributed by atoms with Gasteiger partial charge in [-0.3, -0.25) is 9.59 Å². The van der Waals surface area contributed by atoms with Gasteiger partial charge < -0.3 is 14.4 Å². The topological polar surface area (TPSA) is 90.7 Å². The lowest BCUT2D eigenvalue weighted by Gasteiger charge is -2.26. The number of hydrogen-bond acceptors (Lipinski definition) is 6. The minimum atomic E-state index is -0.774. The average molecular weight is 450 g/mol. The van der Waals surface area contributed by atoms with Crippen LogP contribution in [-0.4, -0.2) is 45.8 Å². The molecule has 0 unspecified atom stereocenters. The fourth-order valence-corrected chi connectivity index (χ4v) is 3.11. The van der Waals surface area contributed by atoms with Gasteiger partial charge in [-0.1, -0.05) is 48.5 Å². The van der Waals surface area contributed by atoms with Crippen LogP contribution in [0.4, 0.5) is 0 Å². The first-order valence-electron chi connectivity index (χ1n) is 10.7. The van der Waals surface area contributed by atoms with Gasteiger partial charge in [0.15, 0.2) is 12.3 Å². The van der Waals surface area contributed by atoms with Crippen LogP contribution >= 0.6 is 0 Å². The number of carbonyl (C=O) groups excluding carboxylic acids is 2. The molecule has 0 aliphatic carbocycles. The summed E-state index contributed by atoms with van der Waals surface area (Å²) in [4.78, 5) is 38.8. The molecule has 3 rings (SSSR count). The predicted octanol–water partition coefficient (Wildman–Crippen LogP) is 2.92. The summed E-state index contributed by atoms with van der Waals surface area (Å²) in [5.41, 5.74) is 0.562. The van der Waals surface area contributed by atoms with Crippen LogP contribution in [0.25, 0.3) is 0 Å². The third-order valence-corrected chi connectivity index (χ3v) is 4.86. The highest BCUT2D eigenvalue weighted by atomic mass is 16.5. The van der Waals surface area contributed by atoms with Crippen LogP contribution in [0.3, 0.4) is 0 Å². The number of rotatable bonds is 10. The molecule has 0 aliphatic rings. The molecular weight excluding hydrogens is 422 g/mol. The normalized spacial score (nSPS) is 10.6.